The monoisotopic (exact) mass is 329 g/mol. The standard InChI is InChI=1S/C8H3F3INO2/c9-8(10,11)5-3-4(7(12)14)1-2-6(5)13-15/h1-3H. The van der Waals surface area contributed by atoms with Crippen LogP contribution in [-0.4, -0.2) is 3.79 Å². The van der Waals surface area contributed by atoms with Gasteiger partial charge in [-0.2, -0.15) is 13.2 Å². The summed E-state index contributed by atoms with van der Waals surface area (Å²) in [5.41, 5.74) is -2.03. The van der Waals surface area contributed by atoms with Gasteiger partial charge in [-0.15, -0.1) is 4.91 Å². The number of nitrogens with zero attached hydrogens (tertiary/aromatic N) is 1. The highest BCUT2D eigenvalue weighted by atomic mass is 127. The Morgan fingerprint density at radius 2 is 1.93 bits per heavy atom. The minimum Gasteiger partial charge on any atom is -0.282 e. The van der Waals surface area contributed by atoms with E-state index in [9.17, 15) is 22.9 Å². The summed E-state index contributed by atoms with van der Waals surface area (Å²) >= 11 is 1.36. The summed E-state index contributed by atoms with van der Waals surface area (Å²) in [6.07, 6.45) is -4.69. The van der Waals surface area contributed by atoms with Crippen molar-refractivity contribution in [1.29, 1.82) is 0 Å². The molecule has 3 nitrogen and oxygen atoms in total. The molecule has 0 aliphatic rings. The van der Waals surface area contributed by atoms with Crippen molar-refractivity contribution in [2.24, 2.45) is 5.18 Å². The van der Waals surface area contributed by atoms with Gasteiger partial charge in [-0.1, -0.05) is 0 Å². The van der Waals surface area contributed by atoms with Crippen molar-refractivity contribution < 1.29 is 18.0 Å². The fourth-order valence-corrected chi connectivity index (χ4v) is 1.30. The van der Waals surface area contributed by atoms with Gasteiger partial charge in [0.25, 0.3) is 0 Å². The molecular formula is C8H3F3INO2. The maximum absolute atomic E-state index is 12.4. The summed E-state index contributed by atoms with van der Waals surface area (Å²) in [5.74, 6) is 0. The molecule has 1 rings (SSSR count). The number of hydrogen-bond acceptors (Lipinski definition) is 3. The molecule has 0 bridgehead atoms. The molecule has 0 aliphatic carbocycles. The number of halogens is 4. The molecule has 0 heterocycles. The SMILES string of the molecule is O=Nc1ccc(C(=O)I)cc1C(F)(F)F. The Morgan fingerprint density at radius 1 is 1.33 bits per heavy atom. The van der Waals surface area contributed by atoms with Gasteiger partial charge in [0.15, 0.2) is 0 Å². The lowest BCUT2D eigenvalue weighted by molar-refractivity contribution is -0.137. The van der Waals surface area contributed by atoms with Crippen LogP contribution in [0.5, 0.6) is 0 Å². The van der Waals surface area contributed by atoms with E-state index in [0.717, 1.165) is 12.1 Å². The fourth-order valence-electron chi connectivity index (χ4n) is 0.965. The Kier molecular flexibility index (Phi) is 3.42. The van der Waals surface area contributed by atoms with Gasteiger partial charge in [-0.3, -0.25) is 4.79 Å². The van der Waals surface area contributed by atoms with Gasteiger partial charge >= 0.3 is 6.18 Å². The predicted molar refractivity (Wildman–Crippen MR) is 55.2 cm³/mol. The van der Waals surface area contributed by atoms with Crippen LogP contribution in [0.4, 0.5) is 18.9 Å². The minimum absolute atomic E-state index is 0.115. The topological polar surface area (TPSA) is 46.5 Å². The molecule has 0 amide bonds. The fraction of sp³-hybridized carbons (Fsp3) is 0.125. The van der Waals surface area contributed by atoms with Gasteiger partial charge in [0.05, 0.1) is 5.56 Å². The van der Waals surface area contributed by atoms with E-state index in [1.165, 1.54) is 22.6 Å². The van der Waals surface area contributed by atoms with Crippen molar-refractivity contribution >= 4 is 32.1 Å². The van der Waals surface area contributed by atoms with E-state index in [0.29, 0.717) is 6.07 Å². The van der Waals surface area contributed by atoms with Gasteiger partial charge in [-0.25, -0.2) is 0 Å². The highest BCUT2D eigenvalue weighted by molar-refractivity contribution is 14.1. The second-order valence-corrected chi connectivity index (χ2v) is 3.57. The molecule has 0 saturated heterocycles. The zero-order valence-corrected chi connectivity index (χ0v) is 9.17. The minimum atomic E-state index is -4.69. The van der Waals surface area contributed by atoms with Crippen LogP contribution in [0.3, 0.4) is 0 Å². The highest BCUT2D eigenvalue weighted by Gasteiger charge is 2.34. The molecule has 0 radical (unpaired) electrons. The van der Waals surface area contributed by atoms with Crippen molar-refractivity contribution in [1.82, 2.24) is 0 Å². The molecule has 0 aliphatic heterocycles. The average Bonchev–Trinajstić information content (AvgIpc) is 2.15. The van der Waals surface area contributed by atoms with Gasteiger partial charge < -0.3 is 0 Å². The first-order valence-corrected chi connectivity index (χ1v) is 4.68. The van der Waals surface area contributed by atoms with Crippen LogP contribution in [0, 0.1) is 4.91 Å². The first-order chi connectivity index (χ1) is 6.86. The van der Waals surface area contributed by atoms with E-state index in [4.69, 9.17) is 0 Å². The first-order valence-electron chi connectivity index (χ1n) is 3.60. The number of carbonyl (C=O) groups excluding carboxylic acids is 1. The zero-order valence-electron chi connectivity index (χ0n) is 7.01. The maximum Gasteiger partial charge on any atom is 0.418 e. The molecular weight excluding hydrogens is 326 g/mol. The summed E-state index contributed by atoms with van der Waals surface area (Å²) < 4.78 is 36.6. The number of benzene rings is 1. The molecule has 0 spiro atoms. The molecule has 80 valence electrons. The Hall–Kier alpha value is -0.990. The number of nitroso groups, excluding NO2 is 1. The van der Waals surface area contributed by atoms with Crippen molar-refractivity contribution in [3.8, 4) is 0 Å². The summed E-state index contributed by atoms with van der Waals surface area (Å²) in [7, 11) is 0. The molecule has 0 atom stereocenters. The van der Waals surface area contributed by atoms with Crippen LogP contribution >= 0.6 is 22.6 Å². The molecule has 7 heteroatoms. The van der Waals surface area contributed by atoms with Gasteiger partial charge in [0, 0.05) is 28.2 Å². The normalized spacial score (nSPS) is 11.2. The summed E-state index contributed by atoms with van der Waals surface area (Å²) in [5, 5.41) is 2.25. The molecule has 0 N–H and O–H groups in total. The third-order valence-electron chi connectivity index (χ3n) is 1.63. The summed E-state index contributed by atoms with van der Waals surface area (Å²) in [4.78, 5) is 21.0. The Balaban J connectivity index is 3.38. The van der Waals surface area contributed by atoms with Crippen molar-refractivity contribution in [3.05, 3.63) is 34.2 Å². The largest absolute Gasteiger partial charge is 0.418 e. The van der Waals surface area contributed by atoms with E-state index < -0.39 is 21.2 Å². The molecule has 15 heavy (non-hydrogen) atoms. The van der Waals surface area contributed by atoms with Crippen molar-refractivity contribution in [2.75, 3.05) is 0 Å². The van der Waals surface area contributed by atoms with E-state index in [-0.39, 0.29) is 5.56 Å². The number of alkyl halides is 3. The van der Waals surface area contributed by atoms with Crippen LogP contribution < -0.4 is 0 Å². The third-order valence-corrected chi connectivity index (χ3v) is 2.25. The van der Waals surface area contributed by atoms with Crippen LogP contribution in [0.1, 0.15) is 15.9 Å². The molecule has 1 aromatic rings. The number of rotatable bonds is 2. The smallest absolute Gasteiger partial charge is 0.282 e. The summed E-state index contributed by atoms with van der Waals surface area (Å²) in [6, 6.07) is 2.62. The van der Waals surface area contributed by atoms with Crippen molar-refractivity contribution in [3.63, 3.8) is 0 Å². The predicted octanol–water partition coefficient (Wildman–Crippen LogP) is 3.68. The van der Waals surface area contributed by atoms with Crippen LogP contribution in [0.15, 0.2) is 23.4 Å². The van der Waals surface area contributed by atoms with Crippen molar-refractivity contribution in [2.45, 2.75) is 6.18 Å². The van der Waals surface area contributed by atoms with E-state index in [2.05, 4.69) is 5.18 Å². The molecule has 0 fully saturated rings. The number of hydrogen-bond donors (Lipinski definition) is 0. The Bertz CT molecular complexity index is 417. The van der Waals surface area contributed by atoms with E-state index in [1.807, 2.05) is 0 Å². The average molecular weight is 329 g/mol. The van der Waals surface area contributed by atoms with Gasteiger partial charge in [-0.05, 0) is 23.4 Å². The van der Waals surface area contributed by atoms with Gasteiger partial charge in [0.2, 0.25) is 3.79 Å². The van der Waals surface area contributed by atoms with Crippen LogP contribution in [0.2, 0.25) is 0 Å². The molecule has 0 saturated carbocycles. The lowest BCUT2D eigenvalue weighted by Crippen LogP contribution is -2.06. The van der Waals surface area contributed by atoms with Crippen LogP contribution in [-0.2, 0) is 6.18 Å². The molecule has 0 aromatic heterocycles. The zero-order chi connectivity index (χ0) is 11.6. The number of carbonyl (C=O) groups is 1. The molecule has 1 aromatic carbocycles. The summed E-state index contributed by atoms with van der Waals surface area (Å²) in [6.45, 7) is 0. The Morgan fingerprint density at radius 3 is 2.33 bits per heavy atom. The first kappa shape index (κ1) is 12.1. The van der Waals surface area contributed by atoms with Crippen LogP contribution in [0.25, 0.3) is 0 Å². The highest BCUT2D eigenvalue weighted by Crippen LogP contribution is 2.37. The lowest BCUT2D eigenvalue weighted by Gasteiger charge is -2.08. The third kappa shape index (κ3) is 2.74. The van der Waals surface area contributed by atoms with Gasteiger partial charge in [0.1, 0.15) is 5.69 Å². The maximum atomic E-state index is 12.4. The second kappa shape index (κ2) is 4.25. The molecule has 0 unspecified atom stereocenters. The van der Waals surface area contributed by atoms with E-state index in [1.54, 1.807) is 0 Å². The van der Waals surface area contributed by atoms with E-state index >= 15 is 0 Å². The quantitative estimate of drug-likeness (QED) is 0.472. The lowest BCUT2D eigenvalue weighted by atomic mass is 10.1. The Labute approximate surface area is 95.8 Å². The second-order valence-electron chi connectivity index (χ2n) is 2.59.